The first-order valence-electron chi connectivity index (χ1n) is 8.16. The number of hydrogen-bond acceptors (Lipinski definition) is 8. The van der Waals surface area contributed by atoms with E-state index in [1.807, 2.05) is 32.0 Å². The maximum atomic E-state index is 8.85. The van der Waals surface area contributed by atoms with Crippen LogP contribution in [-0.2, 0) is 0 Å². The van der Waals surface area contributed by atoms with Gasteiger partial charge in [0.1, 0.15) is 22.6 Å². The van der Waals surface area contributed by atoms with E-state index in [1.165, 1.54) is 7.11 Å². The second-order valence-electron chi connectivity index (χ2n) is 4.80. The normalized spacial score (nSPS) is 9.44. The Hall–Kier alpha value is -2.52. The molecule has 0 aliphatic carbocycles. The van der Waals surface area contributed by atoms with Crippen molar-refractivity contribution >= 4 is 42.4 Å². The Labute approximate surface area is 165 Å². The Morgan fingerprint density at radius 2 is 1.59 bits per heavy atom. The van der Waals surface area contributed by atoms with E-state index in [9.17, 15) is 0 Å². The highest BCUT2D eigenvalue weighted by atomic mass is 32.1. The summed E-state index contributed by atoms with van der Waals surface area (Å²) in [6.45, 7) is 4.00. The summed E-state index contributed by atoms with van der Waals surface area (Å²) in [4.78, 5) is 0.734. The molecule has 0 aliphatic heterocycles. The van der Waals surface area contributed by atoms with E-state index in [0.29, 0.717) is 22.2 Å². The first-order chi connectivity index (χ1) is 13.0. The Morgan fingerprint density at radius 1 is 1.04 bits per heavy atom. The molecule has 0 bridgehead atoms. The lowest BCUT2D eigenvalue weighted by Gasteiger charge is -2.07. The number of nitrogens with zero attached hydrogens (tertiary/aromatic N) is 1. The van der Waals surface area contributed by atoms with Gasteiger partial charge in [0.15, 0.2) is 11.4 Å². The van der Waals surface area contributed by atoms with Gasteiger partial charge < -0.3 is 29.5 Å². The predicted octanol–water partition coefficient (Wildman–Crippen LogP) is 2.67. The average Bonchev–Trinajstić information content (AvgIpc) is 3.10. The fourth-order valence-electron chi connectivity index (χ4n) is 2.15. The largest absolute Gasteiger partial charge is 0.496 e. The molecule has 0 aliphatic rings. The first kappa shape index (κ1) is 22.5. The molecule has 3 N–H and O–H groups in total. The third kappa shape index (κ3) is 5.48. The Bertz CT molecular complexity index is 835. The van der Waals surface area contributed by atoms with Crippen molar-refractivity contribution < 1.29 is 23.8 Å². The van der Waals surface area contributed by atoms with Crippen molar-refractivity contribution in [2.24, 2.45) is 0 Å². The first-order valence-corrected chi connectivity index (χ1v) is 8.60. The SMILES string of the molecule is CC.COc1cc([B]O)cc2onc(N)c12.COc1cccc(OC)c1S. The molecule has 1 heterocycles. The van der Waals surface area contributed by atoms with Crippen molar-refractivity contribution in [1.29, 1.82) is 0 Å². The van der Waals surface area contributed by atoms with E-state index in [4.69, 9.17) is 29.5 Å². The minimum atomic E-state index is 0.279. The minimum Gasteiger partial charge on any atom is -0.496 e. The number of fused-ring (bicyclic) bond motifs is 1. The summed E-state index contributed by atoms with van der Waals surface area (Å²) >= 11 is 4.22. The topological polar surface area (TPSA) is 100.0 Å². The number of ether oxygens (including phenoxy) is 3. The molecular formula is C18H24BN2O5S. The highest BCUT2D eigenvalue weighted by Crippen LogP contribution is 2.31. The third-order valence-corrected chi connectivity index (χ3v) is 3.80. The molecule has 0 unspecified atom stereocenters. The summed E-state index contributed by atoms with van der Waals surface area (Å²) in [7, 11) is 5.69. The summed E-state index contributed by atoms with van der Waals surface area (Å²) in [5, 5.41) is 13.1. The van der Waals surface area contributed by atoms with Crippen molar-refractivity contribution in [2.45, 2.75) is 18.7 Å². The molecule has 0 amide bonds. The van der Waals surface area contributed by atoms with Crippen LogP contribution in [0, 0.1) is 0 Å². The summed E-state index contributed by atoms with van der Waals surface area (Å²) in [6, 6.07) is 8.81. The van der Waals surface area contributed by atoms with Gasteiger partial charge in [0, 0.05) is 0 Å². The summed E-state index contributed by atoms with van der Waals surface area (Å²) in [5.74, 6) is 2.27. The van der Waals surface area contributed by atoms with Gasteiger partial charge in [-0.3, -0.25) is 0 Å². The van der Waals surface area contributed by atoms with Crippen LogP contribution in [0.1, 0.15) is 13.8 Å². The third-order valence-electron chi connectivity index (χ3n) is 3.36. The van der Waals surface area contributed by atoms with Crippen LogP contribution in [0.4, 0.5) is 5.82 Å². The lowest BCUT2D eigenvalue weighted by atomic mass is 9.88. The minimum absolute atomic E-state index is 0.279. The van der Waals surface area contributed by atoms with E-state index in [1.54, 1.807) is 26.4 Å². The lowest BCUT2D eigenvalue weighted by molar-refractivity contribution is 0.377. The molecule has 0 spiro atoms. The molecule has 3 aromatic rings. The maximum absolute atomic E-state index is 8.85. The molecule has 145 valence electrons. The van der Waals surface area contributed by atoms with Crippen molar-refractivity contribution in [2.75, 3.05) is 27.1 Å². The molecule has 1 aromatic heterocycles. The van der Waals surface area contributed by atoms with Crippen molar-refractivity contribution in [3.8, 4) is 17.2 Å². The molecule has 1 radical (unpaired) electrons. The van der Waals surface area contributed by atoms with Crippen LogP contribution in [-0.4, -0.2) is 39.0 Å². The van der Waals surface area contributed by atoms with E-state index in [2.05, 4.69) is 17.8 Å². The van der Waals surface area contributed by atoms with Gasteiger partial charge in [0.05, 0.1) is 26.2 Å². The molecule has 9 heteroatoms. The van der Waals surface area contributed by atoms with Gasteiger partial charge in [-0.05, 0) is 29.7 Å². The Balaban J connectivity index is 0.000000254. The van der Waals surface area contributed by atoms with Gasteiger partial charge >= 0.3 is 7.48 Å². The van der Waals surface area contributed by atoms with Gasteiger partial charge in [-0.25, -0.2) is 0 Å². The van der Waals surface area contributed by atoms with E-state index < -0.39 is 0 Å². The Morgan fingerprint density at radius 3 is 2.07 bits per heavy atom. The quantitative estimate of drug-likeness (QED) is 0.464. The zero-order valence-corrected chi connectivity index (χ0v) is 16.9. The number of aromatic nitrogens is 1. The zero-order chi connectivity index (χ0) is 20.4. The van der Waals surface area contributed by atoms with Crippen LogP contribution < -0.4 is 25.4 Å². The second kappa shape index (κ2) is 11.3. The number of benzene rings is 2. The van der Waals surface area contributed by atoms with Crippen molar-refractivity contribution in [1.82, 2.24) is 5.16 Å². The van der Waals surface area contributed by atoms with Crippen LogP contribution in [0.5, 0.6) is 17.2 Å². The zero-order valence-electron chi connectivity index (χ0n) is 16.0. The maximum Gasteiger partial charge on any atom is 0.327 e. The summed E-state index contributed by atoms with van der Waals surface area (Å²) in [5.41, 5.74) is 6.65. The number of nitrogen functional groups attached to an aromatic ring is 1. The molecule has 7 nitrogen and oxygen atoms in total. The fraction of sp³-hybridized carbons (Fsp3) is 0.278. The number of methoxy groups -OCH3 is 3. The van der Waals surface area contributed by atoms with Crippen LogP contribution in [0.3, 0.4) is 0 Å². The lowest BCUT2D eigenvalue weighted by Crippen LogP contribution is -2.13. The van der Waals surface area contributed by atoms with Gasteiger partial charge in [-0.15, -0.1) is 12.6 Å². The number of rotatable bonds is 4. The van der Waals surface area contributed by atoms with E-state index in [-0.39, 0.29) is 5.82 Å². The number of thiol groups is 1. The summed E-state index contributed by atoms with van der Waals surface area (Å²) < 4.78 is 20.1. The highest BCUT2D eigenvalue weighted by Gasteiger charge is 2.12. The van der Waals surface area contributed by atoms with Gasteiger partial charge in [-0.2, -0.15) is 0 Å². The van der Waals surface area contributed by atoms with Crippen LogP contribution in [0.2, 0.25) is 0 Å². The molecule has 27 heavy (non-hydrogen) atoms. The molecule has 3 rings (SSSR count). The number of hydrogen-bond donors (Lipinski definition) is 3. The monoisotopic (exact) mass is 391 g/mol. The number of nitrogens with two attached hydrogens (primary N) is 1. The standard InChI is InChI=1S/C8H8BN2O3.C8H10O2S.C2H6/c1-13-5-2-4(9-12)3-6-7(5)8(10)11-14-6;1-9-6-4-3-5-7(10-2)8(6)11;1-2/h2-3,12H,1H3,(H2,10,11);3-5,11H,1-2H3;1-2H3. The molecule has 2 aromatic carbocycles. The van der Waals surface area contributed by atoms with Crippen LogP contribution in [0.15, 0.2) is 39.8 Å². The smallest absolute Gasteiger partial charge is 0.327 e. The van der Waals surface area contributed by atoms with E-state index in [0.717, 1.165) is 23.9 Å². The van der Waals surface area contributed by atoms with Crippen molar-refractivity contribution in [3.63, 3.8) is 0 Å². The summed E-state index contributed by atoms with van der Waals surface area (Å²) in [6.07, 6.45) is 0. The van der Waals surface area contributed by atoms with E-state index >= 15 is 0 Å². The molecule has 0 atom stereocenters. The van der Waals surface area contributed by atoms with Gasteiger partial charge in [0.2, 0.25) is 0 Å². The highest BCUT2D eigenvalue weighted by molar-refractivity contribution is 7.80. The Kier molecular flexibility index (Phi) is 9.39. The van der Waals surface area contributed by atoms with Crippen LogP contribution in [0.25, 0.3) is 11.0 Å². The van der Waals surface area contributed by atoms with Gasteiger partial charge in [-0.1, -0.05) is 25.1 Å². The number of anilines is 1. The fourth-order valence-corrected chi connectivity index (χ4v) is 2.48. The molecule has 0 fully saturated rings. The predicted molar refractivity (Wildman–Crippen MR) is 111 cm³/mol. The molecule has 0 saturated heterocycles. The molecular weight excluding hydrogens is 367 g/mol. The molecule has 0 saturated carbocycles. The average molecular weight is 391 g/mol. The van der Waals surface area contributed by atoms with Gasteiger partial charge in [0.25, 0.3) is 0 Å². The van der Waals surface area contributed by atoms with Crippen molar-refractivity contribution in [3.05, 3.63) is 30.3 Å². The van der Waals surface area contributed by atoms with Crippen LogP contribution >= 0.6 is 12.6 Å². The second-order valence-corrected chi connectivity index (χ2v) is 5.25.